The molecule has 12 nitrogen and oxygen atoms in total. The van der Waals surface area contributed by atoms with Gasteiger partial charge in [0.15, 0.2) is 11.2 Å². The SMILES string of the molecule is COc1ccc2cccc(CCN(C(C)=O)C(=O)OCOC(=O)CC(C)CC(=O)OC(COC(C)=O)COC(C)=S)c2c1. The first-order valence-electron chi connectivity index (χ1n) is 13.5. The molecule has 2 atom stereocenters. The molecule has 0 aliphatic rings. The van der Waals surface area contributed by atoms with Crippen molar-refractivity contribution in [3.8, 4) is 5.75 Å². The largest absolute Gasteiger partial charge is 0.497 e. The van der Waals surface area contributed by atoms with Gasteiger partial charge in [0.2, 0.25) is 12.7 Å². The number of benzene rings is 2. The second-order valence-electron chi connectivity index (χ2n) is 9.70. The molecule has 0 fully saturated rings. The summed E-state index contributed by atoms with van der Waals surface area (Å²) in [4.78, 5) is 61.3. The third-order valence-corrected chi connectivity index (χ3v) is 6.18. The van der Waals surface area contributed by atoms with Crippen LogP contribution in [0.25, 0.3) is 10.8 Å². The van der Waals surface area contributed by atoms with Crippen molar-refractivity contribution < 1.29 is 52.4 Å². The molecule has 0 spiro atoms. The molecule has 0 saturated carbocycles. The maximum Gasteiger partial charge on any atom is 0.419 e. The zero-order chi connectivity index (χ0) is 31.9. The van der Waals surface area contributed by atoms with Gasteiger partial charge in [0.05, 0.1) is 7.11 Å². The van der Waals surface area contributed by atoms with E-state index in [9.17, 15) is 24.0 Å². The third kappa shape index (κ3) is 12.6. The molecule has 0 bridgehead atoms. The molecule has 0 heterocycles. The first-order valence-corrected chi connectivity index (χ1v) is 13.9. The lowest BCUT2D eigenvalue weighted by molar-refractivity contribution is -0.161. The van der Waals surface area contributed by atoms with Gasteiger partial charge in [0.1, 0.15) is 19.0 Å². The Morgan fingerprint density at radius 3 is 2.23 bits per heavy atom. The van der Waals surface area contributed by atoms with Crippen molar-refractivity contribution in [2.45, 2.75) is 53.1 Å². The Bertz CT molecular complexity index is 1290. The van der Waals surface area contributed by atoms with Gasteiger partial charge >= 0.3 is 24.0 Å². The number of fused-ring (bicyclic) bond motifs is 1. The number of imide groups is 1. The highest BCUT2D eigenvalue weighted by Gasteiger charge is 2.23. The molecule has 0 saturated heterocycles. The molecule has 0 N–H and O–H groups in total. The van der Waals surface area contributed by atoms with E-state index in [4.69, 9.17) is 40.6 Å². The number of nitrogens with zero attached hydrogens (tertiary/aromatic N) is 1. The number of thiocarbonyl (C=S) groups is 1. The predicted molar refractivity (Wildman–Crippen MR) is 158 cm³/mol. The number of hydrogen-bond acceptors (Lipinski definition) is 12. The lowest BCUT2D eigenvalue weighted by Gasteiger charge is -2.20. The predicted octanol–water partition coefficient (Wildman–Crippen LogP) is 4.13. The molecule has 2 unspecified atom stereocenters. The highest BCUT2D eigenvalue weighted by Crippen LogP contribution is 2.24. The summed E-state index contributed by atoms with van der Waals surface area (Å²) in [6.45, 7) is 4.68. The van der Waals surface area contributed by atoms with Crippen molar-refractivity contribution in [2.24, 2.45) is 5.92 Å². The summed E-state index contributed by atoms with van der Waals surface area (Å²) in [5.41, 5.74) is 0.911. The van der Waals surface area contributed by atoms with Crippen LogP contribution in [-0.4, -0.2) is 79.6 Å². The van der Waals surface area contributed by atoms with E-state index in [1.54, 1.807) is 21.0 Å². The Labute approximate surface area is 255 Å². The van der Waals surface area contributed by atoms with Crippen molar-refractivity contribution in [3.05, 3.63) is 42.0 Å². The number of methoxy groups -OCH3 is 1. The summed E-state index contributed by atoms with van der Waals surface area (Å²) in [5, 5.41) is 2.16. The number of rotatable bonds is 15. The summed E-state index contributed by atoms with van der Waals surface area (Å²) >= 11 is 4.84. The van der Waals surface area contributed by atoms with Gasteiger partial charge in [0, 0.05) is 40.2 Å². The summed E-state index contributed by atoms with van der Waals surface area (Å²) in [7, 11) is 1.57. The quantitative estimate of drug-likeness (QED) is 0.122. The van der Waals surface area contributed by atoms with E-state index in [0.29, 0.717) is 12.2 Å². The molecule has 234 valence electrons. The lowest BCUT2D eigenvalue weighted by atomic mass is 10.0. The van der Waals surface area contributed by atoms with Crippen molar-refractivity contribution in [1.82, 2.24) is 4.90 Å². The zero-order valence-corrected chi connectivity index (χ0v) is 25.7. The highest BCUT2D eigenvalue weighted by molar-refractivity contribution is 7.80. The van der Waals surface area contributed by atoms with Crippen molar-refractivity contribution in [2.75, 3.05) is 33.7 Å². The molecular weight excluding hydrogens is 582 g/mol. The molecular formula is C30H37NO11S. The van der Waals surface area contributed by atoms with Gasteiger partial charge in [-0.25, -0.2) is 9.69 Å². The first kappa shape index (κ1) is 34.9. The van der Waals surface area contributed by atoms with Crippen molar-refractivity contribution in [3.63, 3.8) is 0 Å². The standard InChI is InChI=1S/C30H37NO11S/c1-19(14-29(35)42-26(16-38-21(3)33)17-39-22(4)43)13-28(34)40-18-41-30(36)31(20(2)32)12-11-24-8-6-7-23-9-10-25(37-5)15-27(23)24/h6-10,15,19,26H,11-14,16-18H2,1-5H3. The van der Waals surface area contributed by atoms with Gasteiger partial charge in [-0.2, -0.15) is 0 Å². The minimum atomic E-state index is -0.956. The van der Waals surface area contributed by atoms with E-state index in [1.807, 2.05) is 36.4 Å². The van der Waals surface area contributed by atoms with Crippen LogP contribution in [0.3, 0.4) is 0 Å². The molecule has 0 radical (unpaired) electrons. The fourth-order valence-corrected chi connectivity index (χ4v) is 4.03. The van der Waals surface area contributed by atoms with E-state index in [1.165, 1.54) is 13.8 Å². The number of carbonyl (C=O) groups is 5. The van der Waals surface area contributed by atoms with Crippen LogP contribution in [0.15, 0.2) is 36.4 Å². The van der Waals surface area contributed by atoms with E-state index >= 15 is 0 Å². The van der Waals surface area contributed by atoms with Crippen LogP contribution in [0, 0.1) is 5.92 Å². The maximum absolute atomic E-state index is 12.6. The molecule has 0 aliphatic carbocycles. The van der Waals surface area contributed by atoms with Crippen LogP contribution in [0.1, 0.15) is 46.1 Å². The molecule has 2 amide bonds. The maximum atomic E-state index is 12.6. The van der Waals surface area contributed by atoms with Crippen LogP contribution < -0.4 is 4.74 Å². The van der Waals surface area contributed by atoms with E-state index in [2.05, 4.69) is 0 Å². The van der Waals surface area contributed by atoms with E-state index < -0.39 is 48.7 Å². The van der Waals surface area contributed by atoms with Crippen molar-refractivity contribution in [1.29, 1.82) is 0 Å². The molecule has 13 heteroatoms. The lowest BCUT2D eigenvalue weighted by Crippen LogP contribution is -2.37. The summed E-state index contributed by atoms with van der Waals surface area (Å²) < 4.78 is 30.6. The number of carbonyl (C=O) groups excluding carboxylic acids is 5. The van der Waals surface area contributed by atoms with Gasteiger partial charge in [0.25, 0.3) is 0 Å². The van der Waals surface area contributed by atoms with Crippen LogP contribution in [0.2, 0.25) is 0 Å². The summed E-state index contributed by atoms with van der Waals surface area (Å²) in [6.07, 6.45) is -1.77. The Morgan fingerprint density at radius 2 is 1.58 bits per heavy atom. The Kier molecular flexibility index (Phi) is 14.3. The number of esters is 3. The average Bonchev–Trinajstić information content (AvgIpc) is 2.93. The van der Waals surface area contributed by atoms with Gasteiger partial charge < -0.3 is 28.4 Å². The van der Waals surface area contributed by atoms with Gasteiger partial charge in [-0.1, -0.05) is 31.2 Å². The summed E-state index contributed by atoms with van der Waals surface area (Å²) in [6, 6.07) is 11.4. The van der Waals surface area contributed by atoms with Crippen molar-refractivity contribution >= 4 is 57.9 Å². The molecule has 0 aliphatic heterocycles. The second kappa shape index (κ2) is 17.6. The van der Waals surface area contributed by atoms with Crippen LogP contribution in [0.5, 0.6) is 5.75 Å². The fraction of sp³-hybridized carbons (Fsp3) is 0.467. The topological polar surface area (TPSA) is 144 Å². The minimum Gasteiger partial charge on any atom is -0.497 e. The van der Waals surface area contributed by atoms with Crippen LogP contribution >= 0.6 is 12.2 Å². The molecule has 2 aromatic carbocycles. The highest BCUT2D eigenvalue weighted by atomic mass is 32.1. The Balaban J connectivity index is 1.81. The number of hydrogen-bond donors (Lipinski definition) is 0. The molecule has 2 aromatic rings. The monoisotopic (exact) mass is 619 g/mol. The van der Waals surface area contributed by atoms with E-state index in [0.717, 1.165) is 21.2 Å². The smallest absolute Gasteiger partial charge is 0.419 e. The normalized spacial score (nSPS) is 11.9. The van der Waals surface area contributed by atoms with Gasteiger partial charge in [-0.05, 0) is 53.0 Å². The molecule has 2 rings (SSSR count). The molecule has 43 heavy (non-hydrogen) atoms. The van der Waals surface area contributed by atoms with Crippen LogP contribution in [-0.2, 0) is 49.3 Å². The minimum absolute atomic E-state index is 0.0467. The third-order valence-electron chi connectivity index (χ3n) is 6.06. The fourth-order valence-electron chi connectivity index (χ4n) is 3.97. The van der Waals surface area contributed by atoms with E-state index in [-0.39, 0.29) is 37.7 Å². The number of ether oxygens (including phenoxy) is 6. The second-order valence-corrected chi connectivity index (χ2v) is 10.3. The Morgan fingerprint density at radius 1 is 0.884 bits per heavy atom. The molecule has 0 aromatic heterocycles. The van der Waals surface area contributed by atoms with Gasteiger partial charge in [-0.3, -0.25) is 19.2 Å². The first-order chi connectivity index (χ1) is 20.4. The van der Waals surface area contributed by atoms with Crippen LogP contribution in [0.4, 0.5) is 4.79 Å². The number of amides is 2. The van der Waals surface area contributed by atoms with Gasteiger partial charge in [-0.15, -0.1) is 0 Å². The zero-order valence-electron chi connectivity index (χ0n) is 24.9. The summed E-state index contributed by atoms with van der Waals surface area (Å²) in [5.74, 6) is -2.23. The Hall–Kier alpha value is -4.26. The average molecular weight is 620 g/mol.